The molecule has 1 aliphatic heterocycles. The molecule has 0 saturated carbocycles. The van der Waals surface area contributed by atoms with Gasteiger partial charge in [-0.05, 0) is 30.3 Å². The number of carbonyl (C=O) groups excluding carboxylic acids is 1. The van der Waals surface area contributed by atoms with Crippen molar-refractivity contribution in [2.45, 2.75) is 12.8 Å². The van der Waals surface area contributed by atoms with Gasteiger partial charge in [0.25, 0.3) is 0 Å². The molecule has 3 heterocycles. The van der Waals surface area contributed by atoms with Crippen molar-refractivity contribution in [1.29, 1.82) is 0 Å². The Balaban J connectivity index is 1.30. The summed E-state index contributed by atoms with van der Waals surface area (Å²) in [7, 11) is 0. The molecule has 3 aromatic rings. The van der Waals surface area contributed by atoms with Gasteiger partial charge in [-0.2, -0.15) is 0 Å². The van der Waals surface area contributed by atoms with Crippen molar-refractivity contribution < 1.29 is 13.9 Å². The molecule has 1 aromatic carbocycles. The summed E-state index contributed by atoms with van der Waals surface area (Å²) < 4.78 is 11.1. The van der Waals surface area contributed by atoms with E-state index in [1.165, 1.54) is 0 Å². The number of oxazole rings is 1. The lowest BCUT2D eigenvalue weighted by Crippen LogP contribution is -2.36. The lowest BCUT2D eigenvalue weighted by molar-refractivity contribution is -0.116. The van der Waals surface area contributed by atoms with Gasteiger partial charge in [-0.1, -0.05) is 23.2 Å². The third-order valence-electron chi connectivity index (χ3n) is 4.68. The van der Waals surface area contributed by atoms with Crippen molar-refractivity contribution >= 4 is 40.6 Å². The lowest BCUT2D eigenvalue weighted by atomic mass is 10.2. The maximum absolute atomic E-state index is 12.3. The Kier molecular flexibility index (Phi) is 6.52. The second-order valence-corrected chi connectivity index (χ2v) is 7.64. The highest BCUT2D eigenvalue weighted by molar-refractivity contribution is 6.36. The first-order valence-corrected chi connectivity index (χ1v) is 10.3. The molecule has 0 unspecified atom stereocenters. The summed E-state index contributed by atoms with van der Waals surface area (Å²) in [5, 5.41) is 3.88. The predicted molar refractivity (Wildman–Crippen MR) is 116 cm³/mol. The number of nitrogens with one attached hydrogen (secondary N) is 1. The van der Waals surface area contributed by atoms with Crippen molar-refractivity contribution in [1.82, 2.24) is 9.97 Å². The van der Waals surface area contributed by atoms with Crippen LogP contribution in [-0.4, -0.2) is 42.2 Å². The minimum Gasteiger partial charge on any atom is -0.441 e. The van der Waals surface area contributed by atoms with Crippen molar-refractivity contribution in [2.75, 3.05) is 36.5 Å². The van der Waals surface area contributed by atoms with E-state index in [0.717, 1.165) is 18.9 Å². The molecule has 0 radical (unpaired) electrons. The summed E-state index contributed by atoms with van der Waals surface area (Å²) >= 11 is 12.1. The van der Waals surface area contributed by atoms with Crippen LogP contribution in [0.3, 0.4) is 0 Å². The van der Waals surface area contributed by atoms with E-state index < -0.39 is 0 Å². The highest BCUT2D eigenvalue weighted by Crippen LogP contribution is 2.30. The van der Waals surface area contributed by atoms with Gasteiger partial charge in [-0.25, -0.2) is 9.97 Å². The minimum atomic E-state index is -0.139. The topological polar surface area (TPSA) is 80.5 Å². The van der Waals surface area contributed by atoms with Gasteiger partial charge in [0.05, 0.1) is 36.3 Å². The fourth-order valence-electron chi connectivity index (χ4n) is 3.12. The molecular weight excluding hydrogens is 427 g/mol. The largest absolute Gasteiger partial charge is 0.441 e. The Morgan fingerprint density at radius 3 is 2.67 bits per heavy atom. The zero-order chi connectivity index (χ0) is 20.9. The average Bonchev–Trinajstić information content (AvgIpc) is 3.22. The summed E-state index contributed by atoms with van der Waals surface area (Å²) in [5.74, 6) is 1.74. The van der Waals surface area contributed by atoms with Gasteiger partial charge in [0.15, 0.2) is 11.7 Å². The van der Waals surface area contributed by atoms with Gasteiger partial charge < -0.3 is 19.4 Å². The number of aryl methyl sites for hydroxylation is 1. The van der Waals surface area contributed by atoms with Crippen LogP contribution in [0.1, 0.15) is 12.3 Å². The first-order valence-electron chi connectivity index (χ1n) is 9.57. The van der Waals surface area contributed by atoms with Crippen LogP contribution in [0.25, 0.3) is 11.3 Å². The number of morpholine rings is 1. The number of amides is 1. The molecular formula is C21H20Cl2N4O3. The molecule has 0 aliphatic carbocycles. The van der Waals surface area contributed by atoms with E-state index in [-0.39, 0.29) is 12.3 Å². The van der Waals surface area contributed by atoms with Crippen LogP contribution in [0, 0.1) is 0 Å². The van der Waals surface area contributed by atoms with Crippen LogP contribution in [0.15, 0.2) is 47.1 Å². The lowest BCUT2D eigenvalue weighted by Gasteiger charge is -2.27. The van der Waals surface area contributed by atoms with Crippen LogP contribution in [0.2, 0.25) is 10.0 Å². The fourth-order valence-corrected chi connectivity index (χ4v) is 3.62. The Morgan fingerprint density at radius 2 is 1.93 bits per heavy atom. The number of benzene rings is 1. The molecule has 30 heavy (non-hydrogen) atoms. The zero-order valence-corrected chi connectivity index (χ0v) is 17.6. The smallest absolute Gasteiger partial charge is 0.224 e. The SMILES string of the molecule is O=C(CCc1ncc(-c2ccc(Cl)cc2Cl)o1)Nc1ccc(N2CCOCC2)nc1. The molecule has 0 spiro atoms. The molecule has 0 atom stereocenters. The number of pyridine rings is 1. The number of ether oxygens (including phenoxy) is 1. The predicted octanol–water partition coefficient (Wildman–Crippen LogP) is 4.45. The third-order valence-corrected chi connectivity index (χ3v) is 5.23. The van der Waals surface area contributed by atoms with Gasteiger partial charge >= 0.3 is 0 Å². The van der Waals surface area contributed by atoms with Crippen molar-refractivity contribution in [3.05, 3.63) is 58.7 Å². The van der Waals surface area contributed by atoms with E-state index in [1.54, 1.807) is 30.6 Å². The number of hydrogen-bond acceptors (Lipinski definition) is 6. The molecule has 9 heteroatoms. The first-order chi connectivity index (χ1) is 14.6. The van der Waals surface area contributed by atoms with Gasteiger partial charge in [-0.3, -0.25) is 4.79 Å². The number of rotatable bonds is 6. The maximum atomic E-state index is 12.3. The molecule has 1 fully saturated rings. The number of halogens is 2. The molecule has 1 N–H and O–H groups in total. The maximum Gasteiger partial charge on any atom is 0.224 e. The Hall–Kier alpha value is -2.61. The number of hydrogen-bond donors (Lipinski definition) is 1. The number of nitrogens with zero attached hydrogens (tertiary/aromatic N) is 3. The molecule has 1 aliphatic rings. The monoisotopic (exact) mass is 446 g/mol. The van der Waals surface area contributed by atoms with Crippen molar-refractivity contribution in [2.24, 2.45) is 0 Å². The quantitative estimate of drug-likeness (QED) is 0.602. The number of aromatic nitrogens is 2. The molecule has 0 bridgehead atoms. The minimum absolute atomic E-state index is 0.139. The second-order valence-electron chi connectivity index (χ2n) is 6.80. The van der Waals surface area contributed by atoms with Crippen molar-refractivity contribution in [3.63, 3.8) is 0 Å². The van der Waals surface area contributed by atoms with E-state index in [1.807, 2.05) is 12.1 Å². The van der Waals surface area contributed by atoms with Crippen LogP contribution in [0.4, 0.5) is 11.5 Å². The molecule has 2 aromatic heterocycles. The molecule has 1 amide bonds. The van der Waals surface area contributed by atoms with Gasteiger partial charge in [0.2, 0.25) is 5.91 Å². The second kappa shape index (κ2) is 9.47. The Bertz CT molecular complexity index is 1020. The zero-order valence-electron chi connectivity index (χ0n) is 16.1. The van der Waals surface area contributed by atoms with E-state index in [9.17, 15) is 4.79 Å². The fraction of sp³-hybridized carbons (Fsp3) is 0.286. The van der Waals surface area contributed by atoms with Gasteiger partial charge in [-0.15, -0.1) is 0 Å². The Morgan fingerprint density at radius 1 is 1.10 bits per heavy atom. The molecule has 156 valence electrons. The van der Waals surface area contributed by atoms with Crippen molar-refractivity contribution in [3.8, 4) is 11.3 Å². The summed E-state index contributed by atoms with van der Waals surface area (Å²) in [6.45, 7) is 3.04. The van der Waals surface area contributed by atoms with E-state index in [0.29, 0.717) is 52.6 Å². The van der Waals surface area contributed by atoms with Crippen LogP contribution < -0.4 is 10.2 Å². The van der Waals surface area contributed by atoms with Crippen LogP contribution >= 0.6 is 23.2 Å². The standard InChI is InChI=1S/C21H20Cl2N4O3/c22-14-1-3-16(17(23)11-14)18-13-25-21(30-18)6-5-20(28)26-15-2-4-19(24-12-15)27-7-9-29-10-8-27/h1-4,11-13H,5-10H2,(H,26,28). The van der Waals surface area contributed by atoms with Gasteiger partial charge in [0, 0.05) is 36.5 Å². The highest BCUT2D eigenvalue weighted by Gasteiger charge is 2.14. The number of anilines is 2. The summed E-state index contributed by atoms with van der Waals surface area (Å²) in [4.78, 5) is 23.1. The van der Waals surface area contributed by atoms with E-state index in [2.05, 4.69) is 20.2 Å². The first kappa shape index (κ1) is 20.7. The van der Waals surface area contributed by atoms with Crippen LogP contribution in [0.5, 0.6) is 0 Å². The number of carbonyl (C=O) groups is 1. The Labute approximate surface area is 184 Å². The summed E-state index contributed by atoms with van der Waals surface area (Å²) in [5.41, 5.74) is 1.36. The normalized spacial score (nSPS) is 14.0. The van der Waals surface area contributed by atoms with E-state index >= 15 is 0 Å². The summed E-state index contributed by atoms with van der Waals surface area (Å²) in [6.07, 6.45) is 3.86. The molecule has 1 saturated heterocycles. The summed E-state index contributed by atoms with van der Waals surface area (Å²) in [6, 6.07) is 8.90. The van der Waals surface area contributed by atoms with Crippen LogP contribution in [-0.2, 0) is 16.0 Å². The molecule has 4 rings (SSSR count). The average molecular weight is 447 g/mol. The van der Waals surface area contributed by atoms with Gasteiger partial charge in [0.1, 0.15) is 5.82 Å². The van der Waals surface area contributed by atoms with E-state index in [4.69, 9.17) is 32.4 Å². The third kappa shape index (κ3) is 5.11. The highest BCUT2D eigenvalue weighted by atomic mass is 35.5. The molecule has 7 nitrogen and oxygen atoms in total.